The number of rotatable bonds is 3. The minimum atomic E-state index is -10.00. The van der Waals surface area contributed by atoms with Crippen molar-refractivity contribution < 1.29 is 29.1 Å². The van der Waals surface area contributed by atoms with Gasteiger partial charge in [0.15, 0.2) is 0 Å². The van der Waals surface area contributed by atoms with E-state index in [2.05, 4.69) is 0 Å². The quantitative estimate of drug-likeness (QED) is 0.516. The number of carbonyl (C=O) groups is 1. The zero-order valence-electron chi connectivity index (χ0n) is 9.20. The summed E-state index contributed by atoms with van der Waals surface area (Å²) in [4.78, 5) is 17.6. The summed E-state index contributed by atoms with van der Waals surface area (Å²) in [7, 11) is -10.00. The van der Waals surface area contributed by atoms with Crippen molar-refractivity contribution in [3.63, 3.8) is 0 Å². The van der Waals surface area contributed by atoms with Crippen LogP contribution in [0.5, 0.6) is 0 Å². The third kappa shape index (κ3) is 3.77. The number of nitro benzene ring substituents is 1. The number of nitrogens with one attached hydrogen (secondary N) is 1. The molecule has 0 saturated heterocycles. The second-order valence-electron chi connectivity index (χ2n) is 3.59. The first kappa shape index (κ1) is 15.1. The topological polar surface area (TPSA) is 72.2 Å². The molecule has 11 heteroatoms. The Morgan fingerprint density at radius 3 is 2.16 bits per heavy atom. The predicted octanol–water partition coefficient (Wildman–Crippen LogP) is 4.21. The fourth-order valence-electron chi connectivity index (χ4n) is 1.20. The maximum absolute atomic E-state index is 12.5. The second kappa shape index (κ2) is 3.56. The van der Waals surface area contributed by atoms with Crippen molar-refractivity contribution in [3.8, 4) is 0 Å². The molecule has 1 rings (SSSR count). The van der Waals surface area contributed by atoms with Crippen LogP contribution >= 0.6 is 10.2 Å². The van der Waals surface area contributed by atoms with Gasteiger partial charge in [0, 0.05) is 13.0 Å². The molecule has 0 unspecified atom stereocenters. The van der Waals surface area contributed by atoms with Crippen LogP contribution in [0.3, 0.4) is 0 Å². The lowest BCUT2D eigenvalue weighted by Gasteiger charge is -2.40. The van der Waals surface area contributed by atoms with E-state index in [9.17, 15) is 34.3 Å². The maximum Gasteiger partial charge on any atom is 0.310 e. The van der Waals surface area contributed by atoms with E-state index in [1.54, 1.807) is 0 Å². The van der Waals surface area contributed by atoms with Gasteiger partial charge in [-0.2, -0.15) is 0 Å². The van der Waals surface area contributed by atoms with E-state index in [1.165, 1.54) is 0 Å². The summed E-state index contributed by atoms with van der Waals surface area (Å²) in [5.41, 5.74) is -1.86. The number of hydrogen-bond acceptors (Lipinski definition) is 3. The molecular weight excluding hydrogens is 299 g/mol. The van der Waals surface area contributed by atoms with Gasteiger partial charge in [0.05, 0.1) is 4.92 Å². The molecular formula is C8H7F5N2O3S. The van der Waals surface area contributed by atoms with Gasteiger partial charge < -0.3 is 5.32 Å². The number of hydrogen-bond donors (Lipinski definition) is 1. The Hall–Kier alpha value is -1.91. The first-order valence-corrected chi connectivity index (χ1v) is 6.46. The van der Waals surface area contributed by atoms with Gasteiger partial charge in [-0.1, -0.05) is 19.4 Å². The molecule has 0 aromatic heterocycles. The van der Waals surface area contributed by atoms with E-state index in [4.69, 9.17) is 0 Å². The van der Waals surface area contributed by atoms with Gasteiger partial charge in [-0.3, -0.25) is 14.9 Å². The van der Waals surface area contributed by atoms with Gasteiger partial charge in [-0.15, -0.1) is 0 Å². The lowest BCUT2D eigenvalue weighted by molar-refractivity contribution is -0.384. The van der Waals surface area contributed by atoms with E-state index in [0.29, 0.717) is 6.07 Å². The summed E-state index contributed by atoms with van der Waals surface area (Å²) in [5, 5.41) is 12.4. The van der Waals surface area contributed by atoms with Crippen LogP contribution in [-0.2, 0) is 4.79 Å². The van der Waals surface area contributed by atoms with E-state index in [1.807, 2.05) is 5.32 Å². The smallest absolute Gasteiger partial charge is 0.310 e. The zero-order valence-corrected chi connectivity index (χ0v) is 10.0. The van der Waals surface area contributed by atoms with Gasteiger partial charge in [0.1, 0.15) is 10.6 Å². The molecule has 0 bridgehead atoms. The van der Waals surface area contributed by atoms with Crippen molar-refractivity contribution in [2.75, 3.05) is 5.32 Å². The fraction of sp³-hybridized carbons (Fsp3) is 0.125. The Kier molecular flexibility index (Phi) is 2.84. The second-order valence-corrected chi connectivity index (χ2v) is 6.00. The molecule has 0 aliphatic carbocycles. The fourth-order valence-corrected chi connectivity index (χ4v) is 1.86. The highest BCUT2D eigenvalue weighted by molar-refractivity contribution is 8.45. The Morgan fingerprint density at radius 1 is 1.26 bits per heavy atom. The van der Waals surface area contributed by atoms with Crippen molar-refractivity contribution in [2.24, 2.45) is 0 Å². The van der Waals surface area contributed by atoms with E-state index >= 15 is 0 Å². The largest absolute Gasteiger partial charge is 0.321 e. The lowest BCUT2D eigenvalue weighted by Crippen LogP contribution is -2.10. The summed E-state index contributed by atoms with van der Waals surface area (Å²) in [6, 6.07) is 0.0967. The number of nitrogens with zero attached hydrogens (tertiary/aromatic N) is 1. The molecule has 0 fully saturated rings. The number of anilines is 1. The Morgan fingerprint density at radius 2 is 1.79 bits per heavy atom. The van der Waals surface area contributed by atoms with Crippen LogP contribution in [0.4, 0.5) is 30.8 Å². The van der Waals surface area contributed by atoms with Crippen LogP contribution in [0.25, 0.3) is 0 Å². The summed E-state index contributed by atoms with van der Waals surface area (Å²) >= 11 is 0. The van der Waals surface area contributed by atoms with Gasteiger partial charge in [0.2, 0.25) is 5.91 Å². The normalized spacial score (nSPS) is 15.3. The molecule has 0 aliphatic heterocycles. The average Bonchev–Trinajstić information content (AvgIpc) is 2.12. The Bertz CT molecular complexity index is 571. The van der Waals surface area contributed by atoms with Crippen LogP contribution in [0.15, 0.2) is 23.1 Å². The van der Waals surface area contributed by atoms with E-state index in [0.717, 1.165) is 6.92 Å². The monoisotopic (exact) mass is 306 g/mol. The van der Waals surface area contributed by atoms with Gasteiger partial charge in [0.25, 0.3) is 5.69 Å². The van der Waals surface area contributed by atoms with Crippen LogP contribution in [-0.4, -0.2) is 10.8 Å². The van der Waals surface area contributed by atoms with Crippen LogP contribution < -0.4 is 5.32 Å². The van der Waals surface area contributed by atoms with E-state index < -0.39 is 37.3 Å². The summed E-state index contributed by atoms with van der Waals surface area (Å²) < 4.78 is 62.4. The summed E-state index contributed by atoms with van der Waals surface area (Å²) in [6.45, 7) is 0.960. The molecule has 0 spiro atoms. The molecule has 1 aromatic carbocycles. The van der Waals surface area contributed by atoms with Crippen molar-refractivity contribution in [1.29, 1.82) is 0 Å². The Labute approximate surface area is 103 Å². The zero-order chi connectivity index (χ0) is 15.1. The van der Waals surface area contributed by atoms with Crippen molar-refractivity contribution >= 4 is 27.5 Å². The van der Waals surface area contributed by atoms with Gasteiger partial charge in [-0.05, 0) is 12.1 Å². The van der Waals surface area contributed by atoms with Crippen LogP contribution in [0.2, 0.25) is 0 Å². The molecule has 0 aliphatic rings. The molecule has 0 atom stereocenters. The Balaban J connectivity index is 3.50. The molecule has 0 saturated carbocycles. The minimum absolute atomic E-state index is 0.0141. The minimum Gasteiger partial charge on any atom is -0.321 e. The first-order chi connectivity index (χ1) is 8.20. The molecule has 0 radical (unpaired) electrons. The van der Waals surface area contributed by atoms with Crippen LogP contribution in [0, 0.1) is 10.1 Å². The van der Waals surface area contributed by atoms with E-state index in [-0.39, 0.29) is 12.1 Å². The highest BCUT2D eigenvalue weighted by Crippen LogP contribution is 3.02. The van der Waals surface area contributed by atoms with Crippen molar-refractivity contribution in [2.45, 2.75) is 11.8 Å². The summed E-state index contributed by atoms with van der Waals surface area (Å²) in [6.07, 6.45) is 0. The highest BCUT2D eigenvalue weighted by atomic mass is 32.5. The number of halogens is 5. The highest BCUT2D eigenvalue weighted by Gasteiger charge is 2.65. The van der Waals surface area contributed by atoms with Crippen LogP contribution in [0.1, 0.15) is 6.92 Å². The van der Waals surface area contributed by atoms with Crippen molar-refractivity contribution in [3.05, 3.63) is 28.3 Å². The lowest BCUT2D eigenvalue weighted by atomic mass is 10.2. The molecule has 0 heterocycles. The SMILES string of the molecule is CC(=O)Nc1ccc(S(F)(F)(F)(F)F)cc1[N+](=O)[O-]. The van der Waals surface area contributed by atoms with Crippen molar-refractivity contribution in [1.82, 2.24) is 0 Å². The number of benzene rings is 1. The summed E-state index contributed by atoms with van der Waals surface area (Å²) in [5.74, 6) is -0.789. The standard InChI is InChI=1S/C8H7F5N2O3S/c1-5(16)14-7-3-2-6(4-8(7)15(17)18)19(9,10,11,12)13/h2-4H,1H3,(H,14,16). The maximum atomic E-state index is 12.5. The average molecular weight is 306 g/mol. The van der Waals surface area contributed by atoms with Gasteiger partial charge in [-0.25, -0.2) is 0 Å². The number of carbonyl (C=O) groups excluding carboxylic acids is 1. The molecule has 19 heavy (non-hydrogen) atoms. The number of nitro groups is 1. The molecule has 108 valence electrons. The third-order valence-electron chi connectivity index (χ3n) is 1.92. The van der Waals surface area contributed by atoms with Gasteiger partial charge >= 0.3 is 10.2 Å². The first-order valence-electron chi connectivity index (χ1n) is 4.51. The predicted molar refractivity (Wildman–Crippen MR) is 58.8 cm³/mol. The third-order valence-corrected chi connectivity index (χ3v) is 3.07. The molecule has 5 nitrogen and oxygen atoms in total. The molecule has 1 aromatic rings. The molecule has 1 amide bonds. The molecule has 1 N–H and O–H groups in total. The number of amides is 1.